The van der Waals surface area contributed by atoms with E-state index in [-0.39, 0.29) is 28.0 Å². The van der Waals surface area contributed by atoms with Crippen LogP contribution >= 0.6 is 23.2 Å². The van der Waals surface area contributed by atoms with E-state index in [2.05, 4.69) is 10.3 Å². The lowest BCUT2D eigenvalue weighted by Gasteiger charge is -2.12. The molecule has 0 unspecified atom stereocenters. The van der Waals surface area contributed by atoms with Crippen LogP contribution in [-0.4, -0.2) is 4.98 Å². The second-order valence-corrected chi connectivity index (χ2v) is 5.06. The zero-order valence-electron chi connectivity index (χ0n) is 10.8. The molecule has 1 aromatic carbocycles. The van der Waals surface area contributed by atoms with Gasteiger partial charge in [-0.2, -0.15) is 5.26 Å². The topological polar surface area (TPSA) is 48.7 Å². The molecule has 0 atom stereocenters. The molecule has 0 aliphatic carbocycles. The van der Waals surface area contributed by atoms with Gasteiger partial charge in [0.25, 0.3) is 0 Å². The summed E-state index contributed by atoms with van der Waals surface area (Å²) in [5, 5.41) is 11.8. The number of aromatic nitrogens is 1. The predicted octanol–water partition coefficient (Wildman–Crippen LogP) is 4.46. The molecule has 0 aliphatic rings. The van der Waals surface area contributed by atoms with E-state index in [1.807, 2.05) is 0 Å². The number of benzene rings is 1. The van der Waals surface area contributed by atoms with Crippen LogP contribution in [0.25, 0.3) is 0 Å². The van der Waals surface area contributed by atoms with E-state index < -0.39 is 11.6 Å². The van der Waals surface area contributed by atoms with Gasteiger partial charge in [0.2, 0.25) is 0 Å². The monoisotopic (exact) mass is 327 g/mol. The summed E-state index contributed by atoms with van der Waals surface area (Å²) in [4.78, 5) is 3.86. The fraction of sp³-hybridized carbons (Fsp3) is 0.143. The summed E-state index contributed by atoms with van der Waals surface area (Å²) in [5.74, 6) is -1.59. The summed E-state index contributed by atoms with van der Waals surface area (Å²) in [6, 6.07) is 5.23. The Balaban J connectivity index is 2.28. The standard InChI is InChI=1S/C14H9Cl2F2N3/c1-7-2-12(15)21-14(16)13(7)20-6-9-10(17)3-8(5-19)4-11(9)18/h2-4,20H,6H2,1H3. The largest absolute Gasteiger partial charge is 0.378 e. The summed E-state index contributed by atoms with van der Waals surface area (Å²) in [6.07, 6.45) is 0. The van der Waals surface area contributed by atoms with Gasteiger partial charge < -0.3 is 5.32 Å². The molecule has 2 aromatic rings. The van der Waals surface area contributed by atoms with Gasteiger partial charge in [0.15, 0.2) is 5.15 Å². The average Bonchev–Trinajstić information content (AvgIpc) is 2.39. The van der Waals surface area contributed by atoms with Crippen molar-refractivity contribution in [1.29, 1.82) is 5.26 Å². The second-order valence-electron chi connectivity index (χ2n) is 4.31. The zero-order chi connectivity index (χ0) is 15.6. The van der Waals surface area contributed by atoms with Crippen molar-refractivity contribution in [2.75, 3.05) is 5.32 Å². The Kier molecular flexibility index (Phi) is 4.61. The first-order chi connectivity index (χ1) is 9.92. The van der Waals surface area contributed by atoms with Gasteiger partial charge in [-0.1, -0.05) is 23.2 Å². The third kappa shape index (κ3) is 3.41. The number of anilines is 1. The molecule has 0 aliphatic heterocycles. The molecule has 7 heteroatoms. The van der Waals surface area contributed by atoms with Crippen LogP contribution in [0.15, 0.2) is 18.2 Å². The molecular formula is C14H9Cl2F2N3. The maximum atomic E-state index is 13.8. The minimum atomic E-state index is -0.797. The predicted molar refractivity (Wildman–Crippen MR) is 77.4 cm³/mol. The summed E-state index contributed by atoms with van der Waals surface area (Å²) < 4.78 is 27.5. The maximum absolute atomic E-state index is 13.8. The molecule has 0 saturated heterocycles. The van der Waals surface area contributed by atoms with Crippen LogP contribution in [0.3, 0.4) is 0 Å². The van der Waals surface area contributed by atoms with Crippen molar-refractivity contribution in [1.82, 2.24) is 4.98 Å². The van der Waals surface area contributed by atoms with Gasteiger partial charge in [0, 0.05) is 12.1 Å². The molecule has 21 heavy (non-hydrogen) atoms. The van der Waals surface area contributed by atoms with E-state index >= 15 is 0 Å². The summed E-state index contributed by atoms with van der Waals surface area (Å²) in [7, 11) is 0. The molecular weight excluding hydrogens is 319 g/mol. The quantitative estimate of drug-likeness (QED) is 0.847. The molecule has 2 rings (SSSR count). The van der Waals surface area contributed by atoms with Crippen LogP contribution in [0.2, 0.25) is 10.3 Å². The van der Waals surface area contributed by atoms with Crippen molar-refractivity contribution in [3.63, 3.8) is 0 Å². The molecule has 1 aromatic heterocycles. The summed E-state index contributed by atoms with van der Waals surface area (Å²) in [5.41, 5.74) is 0.897. The Bertz CT molecular complexity index is 695. The molecule has 0 saturated carbocycles. The second kappa shape index (κ2) is 6.25. The Morgan fingerprint density at radius 2 is 1.86 bits per heavy atom. The highest BCUT2D eigenvalue weighted by atomic mass is 35.5. The number of hydrogen-bond donors (Lipinski definition) is 1. The lowest BCUT2D eigenvalue weighted by Crippen LogP contribution is -2.07. The number of pyridine rings is 1. The van der Waals surface area contributed by atoms with E-state index in [1.54, 1.807) is 19.1 Å². The van der Waals surface area contributed by atoms with Gasteiger partial charge in [0.05, 0.1) is 17.3 Å². The van der Waals surface area contributed by atoms with Gasteiger partial charge in [-0.25, -0.2) is 13.8 Å². The first-order valence-electron chi connectivity index (χ1n) is 5.87. The molecule has 3 nitrogen and oxygen atoms in total. The average molecular weight is 328 g/mol. The minimum absolute atomic E-state index is 0.0730. The van der Waals surface area contributed by atoms with Crippen LogP contribution in [0.5, 0.6) is 0 Å². The van der Waals surface area contributed by atoms with Gasteiger partial charge in [-0.05, 0) is 30.7 Å². The lowest BCUT2D eigenvalue weighted by atomic mass is 10.1. The lowest BCUT2D eigenvalue weighted by molar-refractivity contribution is 0.559. The molecule has 0 bridgehead atoms. The van der Waals surface area contributed by atoms with E-state index in [4.69, 9.17) is 28.5 Å². The van der Waals surface area contributed by atoms with Crippen molar-refractivity contribution in [3.05, 3.63) is 56.8 Å². The van der Waals surface area contributed by atoms with Gasteiger partial charge in [-0.15, -0.1) is 0 Å². The van der Waals surface area contributed by atoms with E-state index in [9.17, 15) is 8.78 Å². The van der Waals surface area contributed by atoms with Crippen LogP contribution in [-0.2, 0) is 6.54 Å². The molecule has 1 heterocycles. The third-order valence-corrected chi connectivity index (χ3v) is 3.32. The maximum Gasteiger partial charge on any atom is 0.154 e. The van der Waals surface area contributed by atoms with Gasteiger partial charge in [0.1, 0.15) is 16.8 Å². The summed E-state index contributed by atoms with van der Waals surface area (Å²) in [6.45, 7) is 1.61. The minimum Gasteiger partial charge on any atom is -0.378 e. The highest BCUT2D eigenvalue weighted by molar-refractivity contribution is 6.34. The van der Waals surface area contributed by atoms with Crippen LogP contribution in [0.1, 0.15) is 16.7 Å². The van der Waals surface area contributed by atoms with Gasteiger partial charge >= 0.3 is 0 Å². The highest BCUT2D eigenvalue weighted by Gasteiger charge is 2.13. The number of nitriles is 1. The number of halogens is 4. The smallest absolute Gasteiger partial charge is 0.154 e. The van der Waals surface area contributed by atoms with E-state index in [0.717, 1.165) is 12.1 Å². The normalized spacial score (nSPS) is 10.3. The molecule has 1 N–H and O–H groups in total. The third-order valence-electron chi connectivity index (χ3n) is 2.85. The fourth-order valence-corrected chi connectivity index (χ4v) is 2.42. The van der Waals surface area contributed by atoms with Crippen molar-refractivity contribution < 1.29 is 8.78 Å². The van der Waals surface area contributed by atoms with E-state index in [1.165, 1.54) is 0 Å². The molecule has 108 valence electrons. The van der Waals surface area contributed by atoms with Gasteiger partial charge in [-0.3, -0.25) is 0 Å². The first-order valence-corrected chi connectivity index (χ1v) is 6.62. The van der Waals surface area contributed by atoms with Crippen molar-refractivity contribution in [3.8, 4) is 6.07 Å². The Morgan fingerprint density at radius 3 is 2.38 bits per heavy atom. The van der Waals surface area contributed by atoms with Crippen LogP contribution < -0.4 is 5.32 Å². The van der Waals surface area contributed by atoms with E-state index in [0.29, 0.717) is 11.3 Å². The van der Waals surface area contributed by atoms with Crippen molar-refractivity contribution in [2.24, 2.45) is 0 Å². The zero-order valence-corrected chi connectivity index (χ0v) is 12.4. The number of hydrogen-bond acceptors (Lipinski definition) is 3. The van der Waals surface area contributed by atoms with Crippen molar-refractivity contribution in [2.45, 2.75) is 13.5 Å². The first kappa shape index (κ1) is 15.5. The molecule has 0 radical (unpaired) electrons. The number of nitrogens with one attached hydrogen (secondary N) is 1. The molecule has 0 amide bonds. The van der Waals surface area contributed by atoms with Crippen molar-refractivity contribution >= 4 is 28.9 Å². The molecule has 0 fully saturated rings. The Morgan fingerprint density at radius 1 is 1.24 bits per heavy atom. The SMILES string of the molecule is Cc1cc(Cl)nc(Cl)c1NCc1c(F)cc(C#N)cc1F. The Hall–Kier alpha value is -1.90. The molecule has 0 spiro atoms. The Labute approximate surface area is 130 Å². The van der Waals surface area contributed by atoms with Crippen LogP contribution in [0.4, 0.5) is 14.5 Å². The van der Waals surface area contributed by atoms with Crippen LogP contribution in [0, 0.1) is 29.9 Å². The number of rotatable bonds is 3. The number of nitrogens with zero attached hydrogens (tertiary/aromatic N) is 2. The fourth-order valence-electron chi connectivity index (χ4n) is 1.82. The summed E-state index contributed by atoms with van der Waals surface area (Å²) >= 11 is 11.7. The highest BCUT2D eigenvalue weighted by Crippen LogP contribution is 2.27. The number of aryl methyl sites for hydroxylation is 1.